The Bertz CT molecular complexity index is 452. The van der Waals surface area contributed by atoms with Gasteiger partial charge in [0.05, 0.1) is 20.1 Å². The fourth-order valence-electron chi connectivity index (χ4n) is 2.54. The van der Waals surface area contributed by atoms with Crippen molar-refractivity contribution in [3.63, 3.8) is 0 Å². The first-order valence-electron chi connectivity index (χ1n) is 7.50. The molecule has 0 bridgehead atoms. The minimum atomic E-state index is -0.137. The third-order valence-electron chi connectivity index (χ3n) is 3.83. The minimum Gasteiger partial charge on any atom is -0.469 e. The molecule has 1 aromatic rings. The van der Waals surface area contributed by atoms with E-state index in [-0.39, 0.29) is 5.97 Å². The van der Waals surface area contributed by atoms with Gasteiger partial charge in [0.2, 0.25) is 0 Å². The lowest BCUT2D eigenvalue weighted by Crippen LogP contribution is -2.46. The van der Waals surface area contributed by atoms with Gasteiger partial charge in [0.15, 0.2) is 0 Å². The van der Waals surface area contributed by atoms with E-state index in [9.17, 15) is 4.79 Å². The summed E-state index contributed by atoms with van der Waals surface area (Å²) in [5, 5.41) is 4.27. The van der Waals surface area contributed by atoms with Gasteiger partial charge in [-0.1, -0.05) is 0 Å². The number of aromatic nitrogens is 3. The van der Waals surface area contributed by atoms with Gasteiger partial charge in [0.1, 0.15) is 12.2 Å². The Kier molecular flexibility index (Phi) is 5.69. The van der Waals surface area contributed by atoms with Crippen LogP contribution in [0.15, 0.2) is 6.33 Å². The average molecular weight is 295 g/mol. The maximum Gasteiger partial charge on any atom is 0.306 e. The molecule has 0 atom stereocenters. The molecular formula is C14H25N5O2. The number of piperazine rings is 1. The number of rotatable bonds is 6. The normalized spacial score (nSPS) is 17.3. The molecule has 0 aliphatic carbocycles. The van der Waals surface area contributed by atoms with Crippen molar-refractivity contribution >= 4 is 5.97 Å². The van der Waals surface area contributed by atoms with Crippen molar-refractivity contribution in [1.29, 1.82) is 0 Å². The molecule has 0 spiro atoms. The lowest BCUT2D eigenvalue weighted by atomic mass is 10.3. The highest BCUT2D eigenvalue weighted by Gasteiger charge is 2.19. The summed E-state index contributed by atoms with van der Waals surface area (Å²) in [4.78, 5) is 20.2. The van der Waals surface area contributed by atoms with Crippen molar-refractivity contribution in [3.8, 4) is 0 Å². The van der Waals surface area contributed by atoms with Gasteiger partial charge < -0.3 is 9.64 Å². The molecule has 2 rings (SSSR count). The molecule has 1 aliphatic heterocycles. The zero-order chi connectivity index (χ0) is 15.2. The maximum atomic E-state index is 11.2. The molecule has 0 aromatic carbocycles. The summed E-state index contributed by atoms with van der Waals surface area (Å²) in [5.74, 6) is 0.885. The van der Waals surface area contributed by atoms with Crippen LogP contribution in [0.5, 0.6) is 0 Å². The fraction of sp³-hybridized carbons (Fsp3) is 0.786. The number of hydrogen-bond donors (Lipinski definition) is 0. The van der Waals surface area contributed by atoms with E-state index in [2.05, 4.69) is 38.5 Å². The summed E-state index contributed by atoms with van der Waals surface area (Å²) < 4.78 is 6.65. The van der Waals surface area contributed by atoms with Crippen molar-refractivity contribution in [2.45, 2.75) is 32.9 Å². The number of hydrogen-bond acceptors (Lipinski definition) is 6. The van der Waals surface area contributed by atoms with Gasteiger partial charge in [0.25, 0.3) is 0 Å². The van der Waals surface area contributed by atoms with E-state index in [4.69, 9.17) is 0 Å². The highest BCUT2D eigenvalue weighted by Crippen LogP contribution is 2.10. The summed E-state index contributed by atoms with van der Waals surface area (Å²) in [6, 6.07) is 0.337. The zero-order valence-corrected chi connectivity index (χ0v) is 13.2. The van der Waals surface area contributed by atoms with E-state index < -0.39 is 0 Å². The summed E-state index contributed by atoms with van der Waals surface area (Å²) in [7, 11) is 1.44. The van der Waals surface area contributed by atoms with Crippen molar-refractivity contribution in [2.24, 2.45) is 0 Å². The molecule has 118 valence electrons. The molecule has 1 fully saturated rings. The highest BCUT2D eigenvalue weighted by atomic mass is 16.5. The first-order chi connectivity index (χ1) is 10.1. The monoisotopic (exact) mass is 295 g/mol. The van der Waals surface area contributed by atoms with Crippen LogP contribution in [0.3, 0.4) is 0 Å². The molecule has 7 nitrogen and oxygen atoms in total. The molecular weight excluding hydrogens is 270 g/mol. The van der Waals surface area contributed by atoms with E-state index in [0.29, 0.717) is 12.5 Å². The summed E-state index contributed by atoms with van der Waals surface area (Å²) in [5.41, 5.74) is 0. The van der Waals surface area contributed by atoms with E-state index in [1.165, 1.54) is 7.11 Å². The molecule has 0 N–H and O–H groups in total. The molecule has 1 saturated heterocycles. The van der Waals surface area contributed by atoms with Gasteiger partial charge in [-0.15, -0.1) is 0 Å². The van der Waals surface area contributed by atoms with Crippen LogP contribution in [0.1, 0.15) is 32.1 Å². The SMILES string of the molecule is COC(=O)CCN1CCN(Cc2ncnn2C(C)C)CC1. The van der Waals surface area contributed by atoms with Crippen LogP contribution in [0.25, 0.3) is 0 Å². The van der Waals surface area contributed by atoms with Crippen LogP contribution in [-0.4, -0.2) is 70.4 Å². The zero-order valence-electron chi connectivity index (χ0n) is 13.2. The van der Waals surface area contributed by atoms with Crippen LogP contribution in [0.2, 0.25) is 0 Å². The van der Waals surface area contributed by atoms with Crippen molar-refractivity contribution in [3.05, 3.63) is 12.2 Å². The summed E-state index contributed by atoms with van der Waals surface area (Å²) >= 11 is 0. The second-order valence-electron chi connectivity index (χ2n) is 5.66. The largest absolute Gasteiger partial charge is 0.469 e. The van der Waals surface area contributed by atoms with Crippen LogP contribution in [-0.2, 0) is 16.1 Å². The lowest BCUT2D eigenvalue weighted by Gasteiger charge is -2.34. The molecule has 1 aromatic heterocycles. The van der Waals surface area contributed by atoms with Gasteiger partial charge >= 0.3 is 5.97 Å². The van der Waals surface area contributed by atoms with Gasteiger partial charge in [-0.05, 0) is 13.8 Å². The lowest BCUT2D eigenvalue weighted by molar-refractivity contribution is -0.141. The van der Waals surface area contributed by atoms with Gasteiger partial charge in [0, 0.05) is 38.8 Å². The number of carbonyl (C=O) groups excluding carboxylic acids is 1. The second kappa shape index (κ2) is 7.51. The Hall–Kier alpha value is -1.47. The Labute approximate surface area is 125 Å². The molecule has 0 unspecified atom stereocenters. The van der Waals surface area contributed by atoms with E-state index in [1.807, 2.05) is 4.68 Å². The topological polar surface area (TPSA) is 63.5 Å². The average Bonchev–Trinajstić information content (AvgIpc) is 2.94. The number of nitrogens with zero attached hydrogens (tertiary/aromatic N) is 5. The Morgan fingerprint density at radius 3 is 2.57 bits per heavy atom. The molecule has 2 heterocycles. The predicted molar refractivity (Wildman–Crippen MR) is 78.8 cm³/mol. The molecule has 21 heavy (non-hydrogen) atoms. The van der Waals surface area contributed by atoms with Gasteiger partial charge in [-0.25, -0.2) is 9.67 Å². The van der Waals surface area contributed by atoms with Crippen molar-refractivity contribution in [2.75, 3.05) is 39.8 Å². The van der Waals surface area contributed by atoms with Crippen LogP contribution < -0.4 is 0 Å². The summed E-state index contributed by atoms with van der Waals surface area (Å²) in [6.07, 6.45) is 2.10. The van der Waals surface area contributed by atoms with Crippen molar-refractivity contribution in [1.82, 2.24) is 24.6 Å². The fourth-order valence-corrected chi connectivity index (χ4v) is 2.54. The smallest absolute Gasteiger partial charge is 0.306 e. The number of carbonyl (C=O) groups is 1. The number of ether oxygens (including phenoxy) is 1. The standard InChI is InChI=1S/C14H25N5O2/c1-12(2)19-13(15-11-16-19)10-18-8-6-17(7-9-18)5-4-14(20)21-3/h11-12H,4-10H2,1-3H3. The van der Waals surface area contributed by atoms with E-state index in [1.54, 1.807) is 6.33 Å². The number of esters is 1. The molecule has 0 saturated carbocycles. The quantitative estimate of drug-likeness (QED) is 0.714. The van der Waals surface area contributed by atoms with Crippen molar-refractivity contribution < 1.29 is 9.53 Å². The Morgan fingerprint density at radius 1 is 1.29 bits per heavy atom. The third-order valence-corrected chi connectivity index (χ3v) is 3.83. The maximum absolute atomic E-state index is 11.2. The Morgan fingerprint density at radius 2 is 1.95 bits per heavy atom. The molecule has 7 heteroatoms. The Balaban J connectivity index is 1.76. The second-order valence-corrected chi connectivity index (χ2v) is 5.66. The molecule has 0 radical (unpaired) electrons. The first kappa shape index (κ1) is 15.9. The first-order valence-corrected chi connectivity index (χ1v) is 7.50. The third kappa shape index (κ3) is 4.50. The summed E-state index contributed by atoms with van der Waals surface area (Å²) in [6.45, 7) is 9.79. The van der Waals surface area contributed by atoms with Gasteiger partial charge in [-0.2, -0.15) is 5.10 Å². The van der Waals surface area contributed by atoms with E-state index in [0.717, 1.165) is 45.1 Å². The molecule has 1 aliphatic rings. The van der Waals surface area contributed by atoms with Crippen LogP contribution >= 0.6 is 0 Å². The van der Waals surface area contributed by atoms with Crippen LogP contribution in [0, 0.1) is 0 Å². The molecule has 0 amide bonds. The predicted octanol–water partition coefficient (Wildman–Crippen LogP) is 0.540. The minimum absolute atomic E-state index is 0.137. The highest BCUT2D eigenvalue weighted by molar-refractivity contribution is 5.69. The van der Waals surface area contributed by atoms with Crippen LogP contribution in [0.4, 0.5) is 0 Å². The van der Waals surface area contributed by atoms with E-state index >= 15 is 0 Å². The number of methoxy groups -OCH3 is 1. The van der Waals surface area contributed by atoms with Gasteiger partial charge in [-0.3, -0.25) is 9.69 Å².